The van der Waals surface area contributed by atoms with E-state index in [1.165, 1.54) is 0 Å². The van der Waals surface area contributed by atoms with Crippen LogP contribution >= 0.6 is 0 Å². The molecule has 0 radical (unpaired) electrons. The van der Waals surface area contributed by atoms with Gasteiger partial charge in [0.1, 0.15) is 0 Å². The molecule has 1 N–H and O–H groups in total. The van der Waals surface area contributed by atoms with Gasteiger partial charge in [0, 0.05) is 0 Å². The van der Waals surface area contributed by atoms with Crippen LogP contribution in [-0.4, -0.2) is 11.2 Å². The van der Waals surface area contributed by atoms with Crippen LogP contribution in [0.15, 0.2) is 24.8 Å². The van der Waals surface area contributed by atoms with Crippen molar-refractivity contribution in [3.63, 3.8) is 0 Å². The van der Waals surface area contributed by atoms with E-state index in [9.17, 15) is 5.11 Å². The summed E-state index contributed by atoms with van der Waals surface area (Å²) in [5, 5.41) is 9.32. The molecule has 1 heteroatoms. The maximum atomic E-state index is 9.32. The Labute approximate surface area is 63.1 Å². The quantitative estimate of drug-likeness (QED) is 0.593. The van der Waals surface area contributed by atoms with E-state index in [0.717, 1.165) is 5.57 Å². The second-order valence-electron chi connectivity index (χ2n) is 2.88. The fourth-order valence-corrected chi connectivity index (χ4v) is 0.588. The van der Waals surface area contributed by atoms with Gasteiger partial charge in [-0.25, -0.2) is 0 Å². The number of aliphatic hydroxyl groups is 1. The van der Waals surface area contributed by atoms with Crippen molar-refractivity contribution in [2.75, 3.05) is 0 Å². The fourth-order valence-electron chi connectivity index (χ4n) is 0.588. The first kappa shape index (κ1) is 9.44. The molecule has 1 atom stereocenters. The molecule has 0 aliphatic heterocycles. The van der Waals surface area contributed by atoms with Crippen molar-refractivity contribution in [2.45, 2.75) is 26.4 Å². The third-order valence-electron chi connectivity index (χ3n) is 1.53. The zero-order valence-corrected chi connectivity index (χ0v) is 6.80. The largest absolute Gasteiger partial charge is 0.393 e. The Kier molecular flexibility index (Phi) is 4.05. The molecule has 0 fully saturated rings. The standard InChI is InChI=1S/C9H16O/c1-5-8(4)6-9(10)7(2)3/h5,7,9-10H,1,4,6H2,2-3H3. The van der Waals surface area contributed by atoms with Gasteiger partial charge in [-0.05, 0) is 12.3 Å². The molecule has 0 aromatic heterocycles. The molecular weight excluding hydrogens is 124 g/mol. The monoisotopic (exact) mass is 140 g/mol. The van der Waals surface area contributed by atoms with Gasteiger partial charge in [-0.1, -0.05) is 38.7 Å². The van der Waals surface area contributed by atoms with Crippen molar-refractivity contribution in [3.05, 3.63) is 24.8 Å². The zero-order valence-electron chi connectivity index (χ0n) is 6.80. The maximum absolute atomic E-state index is 9.32. The first-order valence-electron chi connectivity index (χ1n) is 3.56. The van der Waals surface area contributed by atoms with Gasteiger partial charge in [-0.15, -0.1) is 0 Å². The van der Waals surface area contributed by atoms with Gasteiger partial charge >= 0.3 is 0 Å². The first-order valence-corrected chi connectivity index (χ1v) is 3.56. The molecule has 58 valence electrons. The van der Waals surface area contributed by atoms with E-state index in [2.05, 4.69) is 13.2 Å². The van der Waals surface area contributed by atoms with E-state index in [1.807, 2.05) is 13.8 Å². The summed E-state index contributed by atoms with van der Waals surface area (Å²) in [6.45, 7) is 11.3. The minimum atomic E-state index is -0.273. The van der Waals surface area contributed by atoms with Crippen LogP contribution in [-0.2, 0) is 0 Å². The van der Waals surface area contributed by atoms with E-state index in [4.69, 9.17) is 0 Å². The lowest BCUT2D eigenvalue weighted by Gasteiger charge is -2.13. The molecule has 0 aliphatic carbocycles. The highest BCUT2D eigenvalue weighted by molar-refractivity contribution is 5.11. The molecule has 1 unspecified atom stereocenters. The lowest BCUT2D eigenvalue weighted by atomic mass is 10.0. The number of allylic oxidation sites excluding steroid dienone is 1. The Morgan fingerprint density at radius 2 is 2.10 bits per heavy atom. The zero-order chi connectivity index (χ0) is 8.15. The van der Waals surface area contributed by atoms with Gasteiger partial charge < -0.3 is 5.11 Å². The van der Waals surface area contributed by atoms with Crippen LogP contribution in [0.3, 0.4) is 0 Å². The first-order chi connectivity index (χ1) is 4.57. The number of hydrogen-bond donors (Lipinski definition) is 1. The summed E-state index contributed by atoms with van der Waals surface area (Å²) in [6.07, 6.45) is 2.05. The van der Waals surface area contributed by atoms with Crippen molar-refractivity contribution >= 4 is 0 Å². The SMILES string of the molecule is C=CC(=C)CC(O)C(C)C. The molecule has 0 saturated heterocycles. The van der Waals surface area contributed by atoms with Crippen LogP contribution in [0, 0.1) is 5.92 Å². The Bertz CT molecular complexity index is 125. The van der Waals surface area contributed by atoms with Gasteiger partial charge in [0.25, 0.3) is 0 Å². The van der Waals surface area contributed by atoms with E-state index in [1.54, 1.807) is 6.08 Å². The summed E-state index contributed by atoms with van der Waals surface area (Å²) in [4.78, 5) is 0. The summed E-state index contributed by atoms with van der Waals surface area (Å²) in [6, 6.07) is 0. The van der Waals surface area contributed by atoms with Crippen LogP contribution in [0.4, 0.5) is 0 Å². The summed E-state index contributed by atoms with van der Waals surface area (Å²) in [5.41, 5.74) is 0.904. The summed E-state index contributed by atoms with van der Waals surface area (Å²) in [5.74, 6) is 0.302. The van der Waals surface area contributed by atoms with Crippen molar-refractivity contribution < 1.29 is 5.11 Å². The predicted octanol–water partition coefficient (Wildman–Crippen LogP) is 2.14. The second-order valence-corrected chi connectivity index (χ2v) is 2.88. The van der Waals surface area contributed by atoms with Crippen LogP contribution in [0.1, 0.15) is 20.3 Å². The third-order valence-corrected chi connectivity index (χ3v) is 1.53. The lowest BCUT2D eigenvalue weighted by Crippen LogP contribution is -2.14. The van der Waals surface area contributed by atoms with Crippen molar-refractivity contribution in [2.24, 2.45) is 5.92 Å². The van der Waals surface area contributed by atoms with Gasteiger partial charge in [0.2, 0.25) is 0 Å². The molecule has 0 aliphatic rings. The second kappa shape index (κ2) is 4.29. The summed E-state index contributed by atoms with van der Waals surface area (Å²) in [7, 11) is 0. The van der Waals surface area contributed by atoms with Crippen LogP contribution in [0.2, 0.25) is 0 Å². The minimum absolute atomic E-state index is 0.273. The lowest BCUT2D eigenvalue weighted by molar-refractivity contribution is 0.126. The Morgan fingerprint density at radius 1 is 1.60 bits per heavy atom. The van der Waals surface area contributed by atoms with E-state index in [0.29, 0.717) is 12.3 Å². The molecule has 0 heterocycles. The average molecular weight is 140 g/mol. The fraction of sp³-hybridized carbons (Fsp3) is 0.556. The minimum Gasteiger partial charge on any atom is -0.393 e. The topological polar surface area (TPSA) is 20.2 Å². The van der Waals surface area contributed by atoms with E-state index >= 15 is 0 Å². The third kappa shape index (κ3) is 3.46. The van der Waals surface area contributed by atoms with Gasteiger partial charge in [0.15, 0.2) is 0 Å². The molecule has 0 aromatic carbocycles. The van der Waals surface area contributed by atoms with Gasteiger partial charge in [-0.3, -0.25) is 0 Å². The van der Waals surface area contributed by atoms with Crippen LogP contribution in [0.25, 0.3) is 0 Å². The predicted molar refractivity (Wildman–Crippen MR) is 44.8 cm³/mol. The number of rotatable bonds is 4. The molecular formula is C9H16O. The van der Waals surface area contributed by atoms with Crippen molar-refractivity contribution in [1.29, 1.82) is 0 Å². The van der Waals surface area contributed by atoms with Crippen molar-refractivity contribution in [1.82, 2.24) is 0 Å². The molecule has 0 bridgehead atoms. The number of aliphatic hydroxyl groups excluding tert-OH is 1. The van der Waals surface area contributed by atoms with E-state index < -0.39 is 0 Å². The highest BCUT2D eigenvalue weighted by atomic mass is 16.3. The normalized spacial score (nSPS) is 13.2. The highest BCUT2D eigenvalue weighted by Crippen LogP contribution is 2.11. The maximum Gasteiger partial charge on any atom is 0.0603 e. The Balaban J connectivity index is 3.67. The Morgan fingerprint density at radius 3 is 2.40 bits per heavy atom. The Hall–Kier alpha value is -0.560. The van der Waals surface area contributed by atoms with Crippen LogP contribution in [0.5, 0.6) is 0 Å². The van der Waals surface area contributed by atoms with E-state index in [-0.39, 0.29) is 6.10 Å². The van der Waals surface area contributed by atoms with Crippen molar-refractivity contribution in [3.8, 4) is 0 Å². The summed E-state index contributed by atoms with van der Waals surface area (Å²) < 4.78 is 0. The molecule has 0 saturated carbocycles. The highest BCUT2D eigenvalue weighted by Gasteiger charge is 2.08. The van der Waals surface area contributed by atoms with Crippen LogP contribution < -0.4 is 0 Å². The molecule has 0 rings (SSSR count). The molecule has 0 amide bonds. The number of hydrogen-bond acceptors (Lipinski definition) is 1. The molecule has 0 aromatic rings. The van der Waals surface area contributed by atoms with Gasteiger partial charge in [0.05, 0.1) is 6.10 Å². The van der Waals surface area contributed by atoms with Gasteiger partial charge in [-0.2, -0.15) is 0 Å². The molecule has 10 heavy (non-hydrogen) atoms. The molecule has 0 spiro atoms. The smallest absolute Gasteiger partial charge is 0.0603 e. The average Bonchev–Trinajstić information content (AvgIpc) is 1.87. The molecule has 1 nitrogen and oxygen atoms in total. The summed E-state index contributed by atoms with van der Waals surface area (Å²) >= 11 is 0.